The predicted molar refractivity (Wildman–Crippen MR) is 83.6 cm³/mol. The normalized spacial score (nSPS) is 11.0. The molecule has 3 N–H and O–H groups in total. The summed E-state index contributed by atoms with van der Waals surface area (Å²) in [5.41, 5.74) is 9.53. The van der Waals surface area contributed by atoms with Crippen LogP contribution in [0.4, 0.5) is 0 Å². The van der Waals surface area contributed by atoms with Crippen LogP contribution < -0.4 is 5.73 Å². The van der Waals surface area contributed by atoms with E-state index in [0.29, 0.717) is 5.65 Å². The second-order valence-corrected chi connectivity index (χ2v) is 5.33. The first-order valence-corrected chi connectivity index (χ1v) is 6.82. The molecule has 0 spiro atoms. The summed E-state index contributed by atoms with van der Waals surface area (Å²) in [5, 5.41) is 15.0. The van der Waals surface area contributed by atoms with Gasteiger partial charge in [-0.15, -0.1) is 0 Å². The van der Waals surface area contributed by atoms with E-state index >= 15 is 0 Å². The molecule has 3 aromatic rings. The van der Waals surface area contributed by atoms with E-state index in [-0.39, 0.29) is 11.4 Å². The smallest absolute Gasteiger partial charge is 0.267 e. The van der Waals surface area contributed by atoms with Gasteiger partial charge in [-0.1, -0.05) is 6.07 Å². The number of hydrogen-bond donors (Lipinski definition) is 2. The van der Waals surface area contributed by atoms with Gasteiger partial charge in [-0.2, -0.15) is 5.10 Å². The summed E-state index contributed by atoms with van der Waals surface area (Å²) < 4.78 is 1.60. The minimum absolute atomic E-state index is 0.174. The monoisotopic (exact) mass is 296 g/mol. The van der Waals surface area contributed by atoms with Crippen LogP contribution in [-0.4, -0.2) is 25.8 Å². The molecule has 6 heteroatoms. The maximum Gasteiger partial charge on any atom is 0.267 e. The lowest BCUT2D eigenvalue weighted by atomic mass is 9.93. The molecule has 0 bridgehead atoms. The van der Waals surface area contributed by atoms with Crippen molar-refractivity contribution in [2.24, 2.45) is 12.8 Å². The molecule has 112 valence electrons. The van der Waals surface area contributed by atoms with E-state index < -0.39 is 5.91 Å². The Morgan fingerprint density at radius 3 is 2.73 bits per heavy atom. The molecule has 22 heavy (non-hydrogen) atoms. The van der Waals surface area contributed by atoms with Gasteiger partial charge in [-0.3, -0.25) is 9.48 Å². The van der Waals surface area contributed by atoms with E-state index in [0.717, 1.165) is 27.6 Å². The Morgan fingerprint density at radius 1 is 1.32 bits per heavy atom. The fourth-order valence-electron chi connectivity index (χ4n) is 2.70. The van der Waals surface area contributed by atoms with Crippen molar-refractivity contribution in [1.82, 2.24) is 14.8 Å². The molecule has 1 amide bonds. The van der Waals surface area contributed by atoms with Gasteiger partial charge in [0, 0.05) is 12.4 Å². The van der Waals surface area contributed by atoms with Gasteiger partial charge in [0.1, 0.15) is 11.4 Å². The van der Waals surface area contributed by atoms with Crippen LogP contribution in [0.15, 0.2) is 24.4 Å². The van der Waals surface area contributed by atoms with Crippen molar-refractivity contribution in [2.75, 3.05) is 0 Å². The van der Waals surface area contributed by atoms with Crippen molar-refractivity contribution in [3.05, 3.63) is 41.2 Å². The Kier molecular flexibility index (Phi) is 3.09. The van der Waals surface area contributed by atoms with Crippen molar-refractivity contribution < 1.29 is 9.90 Å². The van der Waals surface area contributed by atoms with Gasteiger partial charge in [0.2, 0.25) is 0 Å². The van der Waals surface area contributed by atoms with Gasteiger partial charge in [0.25, 0.3) is 5.91 Å². The van der Waals surface area contributed by atoms with E-state index in [1.165, 1.54) is 0 Å². The molecular weight excluding hydrogens is 280 g/mol. The topological polar surface area (TPSA) is 94.0 Å². The third-order valence-electron chi connectivity index (χ3n) is 3.87. The van der Waals surface area contributed by atoms with Gasteiger partial charge in [-0.05, 0) is 48.2 Å². The van der Waals surface area contributed by atoms with Gasteiger partial charge >= 0.3 is 0 Å². The number of primary amides is 1. The highest BCUT2D eigenvalue weighted by atomic mass is 16.3. The van der Waals surface area contributed by atoms with Crippen LogP contribution in [0.2, 0.25) is 0 Å². The maximum absolute atomic E-state index is 11.6. The Bertz CT molecular complexity index is 912. The van der Waals surface area contributed by atoms with Gasteiger partial charge < -0.3 is 10.8 Å². The number of hydrogen-bond acceptors (Lipinski definition) is 4. The van der Waals surface area contributed by atoms with E-state index in [1.54, 1.807) is 30.1 Å². The SMILES string of the molecule is Cc1ccc(O)c(C)c1-c1cc(C(N)=O)nc2c1cnn2C. The number of amides is 1. The summed E-state index contributed by atoms with van der Waals surface area (Å²) in [5.74, 6) is -0.394. The zero-order chi connectivity index (χ0) is 16.0. The maximum atomic E-state index is 11.6. The number of rotatable bonds is 2. The Morgan fingerprint density at radius 2 is 2.05 bits per heavy atom. The molecule has 0 saturated carbocycles. The highest BCUT2D eigenvalue weighted by Gasteiger charge is 2.18. The number of aromatic nitrogens is 3. The van der Waals surface area contributed by atoms with Crippen molar-refractivity contribution in [1.29, 1.82) is 0 Å². The Balaban J connectivity index is 2.45. The molecule has 2 heterocycles. The number of fused-ring (bicyclic) bond motifs is 1. The van der Waals surface area contributed by atoms with Crippen molar-refractivity contribution in [3.63, 3.8) is 0 Å². The van der Waals surface area contributed by atoms with E-state index in [1.807, 2.05) is 19.9 Å². The van der Waals surface area contributed by atoms with Gasteiger partial charge in [0.05, 0.1) is 6.20 Å². The first kappa shape index (κ1) is 14.1. The van der Waals surface area contributed by atoms with Crippen LogP contribution in [0.1, 0.15) is 21.6 Å². The van der Waals surface area contributed by atoms with Crippen molar-refractivity contribution >= 4 is 16.9 Å². The number of phenols is 1. The lowest BCUT2D eigenvalue weighted by Gasteiger charge is -2.13. The fourth-order valence-corrected chi connectivity index (χ4v) is 2.70. The molecule has 0 atom stereocenters. The summed E-state index contributed by atoms with van der Waals surface area (Å²) >= 11 is 0. The zero-order valence-electron chi connectivity index (χ0n) is 12.6. The zero-order valence-corrected chi connectivity index (χ0v) is 12.6. The molecular formula is C16H16N4O2. The average Bonchev–Trinajstić information content (AvgIpc) is 2.85. The molecule has 6 nitrogen and oxygen atoms in total. The molecule has 1 aromatic carbocycles. The average molecular weight is 296 g/mol. The van der Waals surface area contributed by atoms with Crippen molar-refractivity contribution in [2.45, 2.75) is 13.8 Å². The number of carbonyl (C=O) groups excluding carboxylic acids is 1. The van der Waals surface area contributed by atoms with E-state index in [2.05, 4.69) is 10.1 Å². The van der Waals surface area contributed by atoms with Gasteiger partial charge in [-0.25, -0.2) is 4.98 Å². The van der Waals surface area contributed by atoms with Gasteiger partial charge in [0.15, 0.2) is 5.65 Å². The molecule has 2 aromatic heterocycles. The first-order chi connectivity index (χ1) is 10.4. The fraction of sp³-hybridized carbons (Fsp3) is 0.188. The summed E-state index contributed by atoms with van der Waals surface area (Å²) in [6.07, 6.45) is 1.70. The third-order valence-corrected chi connectivity index (χ3v) is 3.87. The lowest BCUT2D eigenvalue weighted by Crippen LogP contribution is -2.14. The highest BCUT2D eigenvalue weighted by molar-refractivity contribution is 6.00. The number of aromatic hydroxyl groups is 1. The van der Waals surface area contributed by atoms with Crippen LogP contribution in [0.5, 0.6) is 5.75 Å². The molecule has 0 aliphatic rings. The number of phenolic OH excluding ortho intramolecular Hbond substituents is 1. The third kappa shape index (κ3) is 2.00. The lowest BCUT2D eigenvalue weighted by molar-refractivity contribution is 0.0996. The minimum atomic E-state index is -0.597. The molecule has 0 radical (unpaired) electrons. The van der Waals surface area contributed by atoms with Crippen LogP contribution in [0, 0.1) is 13.8 Å². The second-order valence-electron chi connectivity index (χ2n) is 5.33. The summed E-state index contributed by atoms with van der Waals surface area (Å²) in [6, 6.07) is 5.15. The summed E-state index contributed by atoms with van der Waals surface area (Å²) in [6.45, 7) is 3.79. The number of benzene rings is 1. The first-order valence-electron chi connectivity index (χ1n) is 6.82. The molecule has 3 rings (SSSR count). The van der Waals surface area contributed by atoms with Crippen molar-refractivity contribution in [3.8, 4) is 16.9 Å². The number of nitrogens with zero attached hydrogens (tertiary/aromatic N) is 3. The second kappa shape index (κ2) is 4.84. The minimum Gasteiger partial charge on any atom is -0.508 e. The van der Waals surface area contributed by atoms with E-state index in [9.17, 15) is 9.90 Å². The number of nitrogens with two attached hydrogens (primary N) is 1. The molecule has 0 aliphatic carbocycles. The number of carbonyl (C=O) groups is 1. The standard InChI is InChI=1S/C16H16N4O2/c1-8-4-5-13(21)9(2)14(8)10-6-12(15(17)22)19-16-11(10)7-18-20(16)3/h4-7,21H,1-3H3,(H2,17,22). The van der Waals surface area contributed by atoms with Crippen LogP contribution in [-0.2, 0) is 7.05 Å². The molecule has 0 aliphatic heterocycles. The number of aryl methyl sites for hydroxylation is 2. The largest absolute Gasteiger partial charge is 0.508 e. The Hall–Kier alpha value is -2.89. The molecule has 0 fully saturated rings. The van der Waals surface area contributed by atoms with Crippen LogP contribution >= 0.6 is 0 Å². The molecule has 0 unspecified atom stereocenters. The molecule has 0 saturated heterocycles. The van der Waals surface area contributed by atoms with E-state index in [4.69, 9.17) is 5.73 Å². The number of pyridine rings is 1. The summed E-state index contributed by atoms with van der Waals surface area (Å²) in [7, 11) is 1.76. The summed E-state index contributed by atoms with van der Waals surface area (Å²) in [4.78, 5) is 15.8. The van der Waals surface area contributed by atoms with Crippen LogP contribution in [0.3, 0.4) is 0 Å². The quantitative estimate of drug-likeness (QED) is 0.756. The Labute approximate surface area is 127 Å². The predicted octanol–water partition coefficient (Wildman–Crippen LogP) is 2.06. The van der Waals surface area contributed by atoms with Crippen LogP contribution in [0.25, 0.3) is 22.2 Å². The highest BCUT2D eigenvalue weighted by Crippen LogP contribution is 2.36.